The standard InChI is InChI=1S/C15H16N4O2S2.ClH/c20-23(21,15-2-1-7-19-14(15)10-17-22-19)18-13-4-3-12-9-16-6-5-11(12)8-13;/h1-4,7-8,10,16-18H,5-6,9H2;1H. The van der Waals surface area contributed by atoms with Gasteiger partial charge in [-0.05, 0) is 48.4 Å². The van der Waals surface area contributed by atoms with Crippen molar-refractivity contribution in [3.05, 3.63) is 64.5 Å². The van der Waals surface area contributed by atoms with Crippen molar-refractivity contribution in [3.8, 4) is 0 Å². The Morgan fingerprint density at radius 2 is 2.12 bits per heavy atom. The van der Waals surface area contributed by atoms with Crippen molar-refractivity contribution in [2.45, 2.75) is 13.0 Å². The van der Waals surface area contributed by atoms with Crippen LogP contribution < -0.4 is 14.8 Å². The molecular weight excluding hydrogens is 368 g/mol. The summed E-state index contributed by atoms with van der Waals surface area (Å²) in [5.74, 6) is 0. The molecule has 0 spiro atoms. The zero-order valence-corrected chi connectivity index (χ0v) is 15.1. The maximum absolute atomic E-state index is 12.7. The van der Waals surface area contributed by atoms with Gasteiger partial charge in [0.25, 0.3) is 10.0 Å². The second-order valence-corrected chi connectivity index (χ2v) is 7.92. The van der Waals surface area contributed by atoms with Gasteiger partial charge in [-0.2, -0.15) is 0 Å². The highest BCUT2D eigenvalue weighted by Crippen LogP contribution is 2.34. The van der Waals surface area contributed by atoms with E-state index in [0.717, 1.165) is 19.5 Å². The van der Waals surface area contributed by atoms with Gasteiger partial charge < -0.3 is 10.0 Å². The Bertz CT molecular complexity index is 849. The summed E-state index contributed by atoms with van der Waals surface area (Å²) in [7, 11) is -3.64. The van der Waals surface area contributed by atoms with Crippen LogP contribution in [-0.4, -0.2) is 19.3 Å². The Morgan fingerprint density at radius 3 is 3.00 bits per heavy atom. The SMILES string of the molecule is Cl.O=S(=O)(Nc1ccc2c(c1)CCNC2)C1=CC=CN2SNC=C12. The van der Waals surface area contributed by atoms with Crippen LogP contribution in [0, 0.1) is 0 Å². The number of hydrogen-bond donors (Lipinski definition) is 3. The highest BCUT2D eigenvalue weighted by atomic mass is 35.5. The molecule has 1 aromatic rings. The third-order valence-electron chi connectivity index (χ3n) is 3.94. The molecule has 0 saturated heterocycles. The normalized spacial score (nSPS) is 18.6. The van der Waals surface area contributed by atoms with Crippen LogP contribution in [0.15, 0.2) is 53.4 Å². The molecule has 0 atom stereocenters. The Kier molecular flexibility index (Phi) is 4.82. The molecule has 0 aromatic heterocycles. The summed E-state index contributed by atoms with van der Waals surface area (Å²) in [6.07, 6.45) is 7.76. The van der Waals surface area contributed by atoms with Crippen LogP contribution in [0.3, 0.4) is 0 Å². The molecule has 0 radical (unpaired) electrons. The van der Waals surface area contributed by atoms with Crippen LogP contribution in [0.25, 0.3) is 0 Å². The van der Waals surface area contributed by atoms with Crippen molar-refractivity contribution in [1.29, 1.82) is 0 Å². The van der Waals surface area contributed by atoms with Crippen molar-refractivity contribution in [2.24, 2.45) is 0 Å². The Labute approximate surface area is 151 Å². The Balaban J connectivity index is 0.00000169. The molecule has 3 heterocycles. The first-order chi connectivity index (χ1) is 11.1. The van der Waals surface area contributed by atoms with E-state index in [1.165, 1.54) is 23.3 Å². The number of hydrogen-bond acceptors (Lipinski definition) is 6. The summed E-state index contributed by atoms with van der Waals surface area (Å²) < 4.78 is 32.9. The molecule has 6 nitrogen and oxygen atoms in total. The quantitative estimate of drug-likeness (QED) is 0.694. The Hall–Kier alpha value is -1.61. The fraction of sp³-hybridized carbons (Fsp3) is 0.200. The fourth-order valence-corrected chi connectivity index (χ4v) is 4.77. The van der Waals surface area contributed by atoms with E-state index in [2.05, 4.69) is 14.8 Å². The van der Waals surface area contributed by atoms with Crippen molar-refractivity contribution in [3.63, 3.8) is 0 Å². The van der Waals surface area contributed by atoms with Gasteiger partial charge in [-0.3, -0.25) is 9.03 Å². The molecular formula is C15H17ClN4O2S2. The number of sulfonamides is 1. The van der Waals surface area contributed by atoms with Crippen LogP contribution in [0.2, 0.25) is 0 Å². The molecule has 0 saturated carbocycles. The zero-order valence-electron chi connectivity index (χ0n) is 12.7. The summed E-state index contributed by atoms with van der Waals surface area (Å²) in [6, 6.07) is 5.73. The number of anilines is 1. The molecule has 1 aromatic carbocycles. The van der Waals surface area contributed by atoms with E-state index >= 15 is 0 Å². The number of benzene rings is 1. The third-order valence-corrected chi connectivity index (χ3v) is 6.11. The van der Waals surface area contributed by atoms with E-state index in [1.807, 2.05) is 24.4 Å². The molecule has 3 aliphatic rings. The molecule has 0 bridgehead atoms. The van der Waals surface area contributed by atoms with Gasteiger partial charge in [-0.15, -0.1) is 12.4 Å². The third kappa shape index (κ3) is 3.14. The molecule has 0 amide bonds. The lowest BCUT2D eigenvalue weighted by atomic mass is 10.0. The predicted molar refractivity (Wildman–Crippen MR) is 99.5 cm³/mol. The van der Waals surface area contributed by atoms with Crippen molar-refractivity contribution < 1.29 is 8.42 Å². The molecule has 3 N–H and O–H groups in total. The summed E-state index contributed by atoms with van der Waals surface area (Å²) in [5.41, 5.74) is 3.66. The lowest BCUT2D eigenvalue weighted by Gasteiger charge is -2.21. The molecule has 3 aliphatic heterocycles. The van der Waals surface area contributed by atoms with Crippen molar-refractivity contribution >= 4 is 40.3 Å². The average molecular weight is 385 g/mol. The Morgan fingerprint density at radius 1 is 1.25 bits per heavy atom. The van der Waals surface area contributed by atoms with Crippen LogP contribution in [0.4, 0.5) is 5.69 Å². The monoisotopic (exact) mass is 384 g/mol. The van der Waals surface area contributed by atoms with E-state index in [1.54, 1.807) is 22.7 Å². The number of nitrogens with zero attached hydrogens (tertiary/aromatic N) is 1. The predicted octanol–water partition coefficient (Wildman–Crippen LogP) is 2.22. The smallest absolute Gasteiger partial charge is 0.264 e. The van der Waals surface area contributed by atoms with Crippen molar-refractivity contribution in [2.75, 3.05) is 11.3 Å². The van der Waals surface area contributed by atoms with Crippen molar-refractivity contribution in [1.82, 2.24) is 14.3 Å². The average Bonchev–Trinajstić information content (AvgIpc) is 3.02. The number of halogens is 1. The maximum Gasteiger partial charge on any atom is 0.264 e. The maximum atomic E-state index is 12.7. The molecule has 128 valence electrons. The van der Waals surface area contributed by atoms with Gasteiger partial charge in [-0.25, -0.2) is 8.42 Å². The first-order valence-electron chi connectivity index (χ1n) is 7.30. The minimum atomic E-state index is -3.64. The van der Waals surface area contributed by atoms with Crippen LogP contribution >= 0.6 is 24.5 Å². The van der Waals surface area contributed by atoms with Gasteiger partial charge in [0.15, 0.2) is 0 Å². The van der Waals surface area contributed by atoms with Gasteiger partial charge in [0, 0.05) is 24.6 Å². The summed E-state index contributed by atoms with van der Waals surface area (Å²) >= 11 is 1.33. The molecule has 0 fully saturated rings. The van der Waals surface area contributed by atoms with E-state index in [0.29, 0.717) is 11.4 Å². The number of nitrogens with one attached hydrogen (secondary N) is 3. The minimum Gasteiger partial charge on any atom is -0.316 e. The minimum absolute atomic E-state index is 0. The molecule has 9 heteroatoms. The van der Waals surface area contributed by atoms with Gasteiger partial charge in [-0.1, -0.05) is 6.07 Å². The highest BCUT2D eigenvalue weighted by Gasteiger charge is 2.29. The lowest BCUT2D eigenvalue weighted by Crippen LogP contribution is -2.24. The summed E-state index contributed by atoms with van der Waals surface area (Å²) in [4.78, 5) is 0.261. The first kappa shape index (κ1) is 17.2. The topological polar surface area (TPSA) is 73.5 Å². The largest absolute Gasteiger partial charge is 0.316 e. The molecule has 4 rings (SSSR count). The second kappa shape index (κ2) is 6.72. The zero-order chi connectivity index (χ0) is 15.9. The number of allylic oxidation sites excluding steroid dienone is 2. The molecule has 24 heavy (non-hydrogen) atoms. The molecule has 0 aliphatic carbocycles. The van der Waals surface area contributed by atoms with Gasteiger partial charge in [0.05, 0.1) is 17.8 Å². The lowest BCUT2D eigenvalue weighted by molar-refractivity contribution is 0.605. The molecule has 0 unspecified atom stereocenters. The van der Waals surface area contributed by atoms with E-state index in [-0.39, 0.29) is 17.3 Å². The second-order valence-electron chi connectivity index (χ2n) is 5.45. The van der Waals surface area contributed by atoms with Gasteiger partial charge in [0.2, 0.25) is 0 Å². The summed E-state index contributed by atoms with van der Waals surface area (Å²) in [5, 5.41) is 3.31. The number of rotatable bonds is 3. The van der Waals surface area contributed by atoms with Gasteiger partial charge >= 0.3 is 0 Å². The van der Waals surface area contributed by atoms with E-state index in [4.69, 9.17) is 0 Å². The van der Waals surface area contributed by atoms with Gasteiger partial charge in [0.1, 0.15) is 4.91 Å². The fourth-order valence-electron chi connectivity index (χ4n) is 2.81. The van der Waals surface area contributed by atoms with E-state index < -0.39 is 10.0 Å². The first-order valence-corrected chi connectivity index (χ1v) is 9.55. The summed E-state index contributed by atoms with van der Waals surface area (Å²) in [6.45, 7) is 1.76. The number of fused-ring (bicyclic) bond motifs is 2. The van der Waals surface area contributed by atoms with Crippen LogP contribution in [-0.2, 0) is 23.0 Å². The van der Waals surface area contributed by atoms with Crippen LogP contribution in [0.1, 0.15) is 11.1 Å². The highest BCUT2D eigenvalue weighted by molar-refractivity contribution is 7.97. The van der Waals surface area contributed by atoms with E-state index in [9.17, 15) is 8.42 Å². The van der Waals surface area contributed by atoms with Crippen LogP contribution in [0.5, 0.6) is 0 Å².